The Labute approximate surface area is 191 Å². The number of aliphatic hydroxyl groups is 3. The SMILES string of the molecule is CCCCCCCCCCCCCCCC/C=C/CCOC[C@H](O)[C@H]1OC[C@@H](O)[C@H]1O. The van der Waals surface area contributed by atoms with Crippen LogP contribution in [-0.4, -0.2) is 59.6 Å². The molecule has 0 aromatic carbocycles. The molecule has 0 aliphatic carbocycles. The monoisotopic (exact) mass is 442 g/mol. The van der Waals surface area contributed by atoms with E-state index in [-0.39, 0.29) is 13.2 Å². The van der Waals surface area contributed by atoms with Gasteiger partial charge in [0.25, 0.3) is 0 Å². The summed E-state index contributed by atoms with van der Waals surface area (Å²) in [5, 5.41) is 29.1. The highest BCUT2D eigenvalue weighted by Crippen LogP contribution is 2.18. The molecular formula is C26H50O5. The van der Waals surface area contributed by atoms with Crippen molar-refractivity contribution in [3.63, 3.8) is 0 Å². The molecule has 0 spiro atoms. The smallest absolute Gasteiger partial charge is 0.114 e. The fraction of sp³-hybridized carbons (Fsp3) is 0.923. The van der Waals surface area contributed by atoms with E-state index in [1.165, 1.54) is 89.9 Å². The molecule has 1 fully saturated rings. The first-order chi connectivity index (χ1) is 15.2. The molecule has 5 nitrogen and oxygen atoms in total. The van der Waals surface area contributed by atoms with Gasteiger partial charge in [0.05, 0.1) is 19.8 Å². The van der Waals surface area contributed by atoms with Gasteiger partial charge in [0.1, 0.15) is 24.4 Å². The summed E-state index contributed by atoms with van der Waals surface area (Å²) in [4.78, 5) is 0. The minimum absolute atomic E-state index is 0.0604. The predicted molar refractivity (Wildman–Crippen MR) is 127 cm³/mol. The fourth-order valence-corrected chi connectivity index (χ4v) is 4.11. The summed E-state index contributed by atoms with van der Waals surface area (Å²) in [6, 6.07) is 0. The van der Waals surface area contributed by atoms with Gasteiger partial charge in [-0.1, -0.05) is 103 Å². The summed E-state index contributed by atoms with van der Waals surface area (Å²) in [7, 11) is 0. The molecule has 0 aromatic heterocycles. The summed E-state index contributed by atoms with van der Waals surface area (Å²) in [6.07, 6.45) is 22.1. The molecule has 1 aliphatic rings. The maximum absolute atomic E-state index is 9.95. The van der Waals surface area contributed by atoms with E-state index in [4.69, 9.17) is 9.47 Å². The third-order valence-corrected chi connectivity index (χ3v) is 6.18. The molecule has 0 unspecified atom stereocenters. The lowest BCUT2D eigenvalue weighted by Gasteiger charge is -2.20. The van der Waals surface area contributed by atoms with Gasteiger partial charge in [-0.2, -0.15) is 0 Å². The predicted octanol–water partition coefficient (Wildman–Crippen LogP) is 5.30. The molecule has 4 atom stereocenters. The molecule has 3 N–H and O–H groups in total. The first kappa shape index (κ1) is 28.6. The van der Waals surface area contributed by atoms with Crippen molar-refractivity contribution >= 4 is 0 Å². The lowest BCUT2D eigenvalue weighted by atomic mass is 10.0. The van der Waals surface area contributed by atoms with Crippen LogP contribution in [0.4, 0.5) is 0 Å². The van der Waals surface area contributed by atoms with Crippen molar-refractivity contribution in [2.75, 3.05) is 19.8 Å². The summed E-state index contributed by atoms with van der Waals surface area (Å²) in [6.45, 7) is 2.99. The third kappa shape index (κ3) is 15.1. The van der Waals surface area contributed by atoms with Crippen molar-refractivity contribution in [2.45, 2.75) is 134 Å². The zero-order valence-electron chi connectivity index (χ0n) is 20.1. The molecular weight excluding hydrogens is 392 g/mol. The maximum atomic E-state index is 9.95. The minimum atomic E-state index is -1.04. The Morgan fingerprint density at radius 2 is 1.32 bits per heavy atom. The highest BCUT2D eigenvalue weighted by Gasteiger charge is 2.39. The molecule has 5 heteroatoms. The molecule has 0 amide bonds. The molecule has 1 aliphatic heterocycles. The first-order valence-electron chi connectivity index (χ1n) is 13.0. The Balaban J connectivity index is 1.77. The Hall–Kier alpha value is -0.460. The quantitative estimate of drug-likeness (QED) is 0.166. The van der Waals surface area contributed by atoms with Crippen LogP contribution in [0.1, 0.15) is 110 Å². The van der Waals surface area contributed by atoms with Gasteiger partial charge in [0.2, 0.25) is 0 Å². The van der Waals surface area contributed by atoms with E-state index in [0.29, 0.717) is 6.61 Å². The topological polar surface area (TPSA) is 79.2 Å². The number of aliphatic hydroxyl groups excluding tert-OH is 3. The van der Waals surface area contributed by atoms with Gasteiger partial charge < -0.3 is 24.8 Å². The molecule has 184 valence electrons. The fourth-order valence-electron chi connectivity index (χ4n) is 4.11. The standard InChI is InChI=1S/C26H50O5/c1-2-3-4-5-6-7-8-9-10-11-12-13-14-15-16-17-18-19-20-30-21-24(28)26-25(29)23(27)22-31-26/h17-18,23-29H,2-16,19-22H2,1H3/b18-17+/t23-,24+,25-,26-/m1/s1. The van der Waals surface area contributed by atoms with Crippen LogP contribution in [0.2, 0.25) is 0 Å². The summed E-state index contributed by atoms with van der Waals surface area (Å²) in [5.74, 6) is 0. The van der Waals surface area contributed by atoms with Crippen LogP contribution in [0.3, 0.4) is 0 Å². The summed E-state index contributed by atoms with van der Waals surface area (Å²) < 4.78 is 10.6. The second kappa shape index (κ2) is 20.2. The van der Waals surface area contributed by atoms with Crippen LogP contribution in [-0.2, 0) is 9.47 Å². The van der Waals surface area contributed by atoms with Crippen LogP contribution in [0.15, 0.2) is 12.2 Å². The van der Waals surface area contributed by atoms with Crippen LogP contribution in [0.5, 0.6) is 0 Å². The number of hydrogen-bond acceptors (Lipinski definition) is 5. The van der Waals surface area contributed by atoms with E-state index in [9.17, 15) is 15.3 Å². The normalized spacial score (nSPS) is 22.5. The second-order valence-corrected chi connectivity index (χ2v) is 9.14. The van der Waals surface area contributed by atoms with E-state index in [1.807, 2.05) is 0 Å². The molecule has 0 aromatic rings. The van der Waals surface area contributed by atoms with Crippen LogP contribution in [0, 0.1) is 0 Å². The van der Waals surface area contributed by atoms with Crippen molar-refractivity contribution in [2.24, 2.45) is 0 Å². The Bertz CT molecular complexity index is 415. The number of hydrogen-bond donors (Lipinski definition) is 3. The van der Waals surface area contributed by atoms with Crippen LogP contribution < -0.4 is 0 Å². The molecule has 0 saturated carbocycles. The van der Waals surface area contributed by atoms with Crippen molar-refractivity contribution in [1.82, 2.24) is 0 Å². The maximum Gasteiger partial charge on any atom is 0.114 e. The van der Waals surface area contributed by atoms with Crippen molar-refractivity contribution in [3.8, 4) is 0 Å². The average molecular weight is 443 g/mol. The number of rotatable bonds is 21. The average Bonchev–Trinajstić information content (AvgIpc) is 3.10. The second-order valence-electron chi connectivity index (χ2n) is 9.14. The van der Waals surface area contributed by atoms with Gasteiger partial charge >= 0.3 is 0 Å². The summed E-state index contributed by atoms with van der Waals surface area (Å²) in [5.41, 5.74) is 0. The van der Waals surface area contributed by atoms with E-state index in [0.717, 1.165) is 12.8 Å². The number of allylic oxidation sites excluding steroid dienone is 1. The Morgan fingerprint density at radius 3 is 1.84 bits per heavy atom. The van der Waals surface area contributed by atoms with Crippen molar-refractivity contribution < 1.29 is 24.8 Å². The lowest BCUT2D eigenvalue weighted by molar-refractivity contribution is -0.0806. The molecule has 1 saturated heterocycles. The van der Waals surface area contributed by atoms with Gasteiger partial charge in [0.15, 0.2) is 0 Å². The van der Waals surface area contributed by atoms with Crippen LogP contribution >= 0.6 is 0 Å². The third-order valence-electron chi connectivity index (χ3n) is 6.18. The van der Waals surface area contributed by atoms with E-state index in [1.54, 1.807) is 0 Å². The van der Waals surface area contributed by atoms with Crippen molar-refractivity contribution in [3.05, 3.63) is 12.2 Å². The first-order valence-corrected chi connectivity index (χ1v) is 13.0. The largest absolute Gasteiger partial charge is 0.388 e. The lowest BCUT2D eigenvalue weighted by Crippen LogP contribution is -2.40. The zero-order chi connectivity index (χ0) is 22.6. The van der Waals surface area contributed by atoms with E-state index in [2.05, 4.69) is 19.1 Å². The van der Waals surface area contributed by atoms with E-state index >= 15 is 0 Å². The highest BCUT2D eigenvalue weighted by molar-refractivity contribution is 4.88. The molecule has 31 heavy (non-hydrogen) atoms. The van der Waals surface area contributed by atoms with Gasteiger partial charge in [-0.25, -0.2) is 0 Å². The van der Waals surface area contributed by atoms with Crippen LogP contribution in [0.25, 0.3) is 0 Å². The highest BCUT2D eigenvalue weighted by atomic mass is 16.5. The minimum Gasteiger partial charge on any atom is -0.388 e. The Kier molecular flexibility index (Phi) is 18.6. The molecule has 0 bridgehead atoms. The Morgan fingerprint density at radius 1 is 0.806 bits per heavy atom. The van der Waals surface area contributed by atoms with Gasteiger partial charge in [-0.15, -0.1) is 0 Å². The van der Waals surface area contributed by atoms with Gasteiger partial charge in [-0.05, 0) is 19.3 Å². The zero-order valence-corrected chi connectivity index (χ0v) is 20.1. The molecule has 1 rings (SSSR count). The van der Waals surface area contributed by atoms with E-state index < -0.39 is 24.4 Å². The van der Waals surface area contributed by atoms with Gasteiger partial charge in [0, 0.05) is 0 Å². The van der Waals surface area contributed by atoms with Gasteiger partial charge in [-0.3, -0.25) is 0 Å². The molecule has 0 radical (unpaired) electrons. The summed E-state index contributed by atoms with van der Waals surface area (Å²) >= 11 is 0. The number of unbranched alkanes of at least 4 members (excludes halogenated alkanes) is 14. The molecule has 1 heterocycles. The van der Waals surface area contributed by atoms with Crippen molar-refractivity contribution in [1.29, 1.82) is 0 Å². The number of ether oxygens (including phenoxy) is 2.